The predicted octanol–water partition coefficient (Wildman–Crippen LogP) is 8.19. The van der Waals surface area contributed by atoms with E-state index in [0.717, 1.165) is 59.9 Å². The summed E-state index contributed by atoms with van der Waals surface area (Å²) in [5, 5.41) is 3.79. The molecule has 0 radical (unpaired) electrons. The predicted molar refractivity (Wildman–Crippen MR) is 261 cm³/mol. The molecular formula is C48H61Cl3N10O8. The highest BCUT2D eigenvalue weighted by Gasteiger charge is 2.32. The maximum atomic E-state index is 12.5. The fourth-order valence-corrected chi connectivity index (χ4v) is 8.23. The van der Waals surface area contributed by atoms with Crippen LogP contribution in [-0.2, 0) is 58.1 Å². The Kier molecular flexibility index (Phi) is 18.5. The van der Waals surface area contributed by atoms with Crippen molar-refractivity contribution in [2.45, 2.75) is 91.9 Å². The van der Waals surface area contributed by atoms with Crippen molar-refractivity contribution < 1.29 is 38.1 Å². The summed E-state index contributed by atoms with van der Waals surface area (Å²) in [6.07, 6.45) is -0.0453. The molecule has 0 unspecified atom stereocenters. The minimum absolute atomic E-state index is 0.0924. The molecule has 4 aromatic rings. The first-order valence-electron chi connectivity index (χ1n) is 22.9. The van der Waals surface area contributed by atoms with Crippen molar-refractivity contribution in [1.82, 2.24) is 44.9 Å². The van der Waals surface area contributed by atoms with Crippen molar-refractivity contribution in [1.29, 1.82) is 0 Å². The number of nitrogens with one attached hydrogen (secondary N) is 1. The number of benzene rings is 2. The summed E-state index contributed by atoms with van der Waals surface area (Å²) in [7, 11) is 0. The zero-order valence-electron chi connectivity index (χ0n) is 40.0. The number of amides is 4. The van der Waals surface area contributed by atoms with Gasteiger partial charge >= 0.3 is 24.4 Å². The normalized spacial score (nSPS) is 15.8. The molecule has 4 amide bonds. The molecule has 0 spiro atoms. The molecule has 1 N–H and O–H groups in total. The van der Waals surface area contributed by atoms with E-state index in [9.17, 15) is 19.2 Å². The molecule has 0 atom stereocenters. The topological polar surface area (TPSA) is 185 Å². The lowest BCUT2D eigenvalue weighted by Crippen LogP contribution is -2.50. The van der Waals surface area contributed by atoms with E-state index >= 15 is 0 Å². The van der Waals surface area contributed by atoms with Crippen LogP contribution in [0.25, 0.3) is 0 Å². The maximum absolute atomic E-state index is 12.5. The van der Waals surface area contributed by atoms with E-state index < -0.39 is 11.2 Å². The minimum atomic E-state index is -0.562. The highest BCUT2D eigenvalue weighted by Crippen LogP contribution is 2.30. The molecule has 0 saturated carbocycles. The Bertz CT molecular complexity index is 2380. The van der Waals surface area contributed by atoms with E-state index in [1.54, 1.807) is 19.6 Å². The van der Waals surface area contributed by atoms with Crippen LogP contribution in [-0.4, -0.2) is 141 Å². The second-order valence-corrected chi connectivity index (χ2v) is 19.6. The maximum Gasteiger partial charge on any atom is 0.410 e. The quantitative estimate of drug-likeness (QED) is 0.115. The lowest BCUT2D eigenvalue weighted by molar-refractivity contribution is 0.0210. The summed E-state index contributed by atoms with van der Waals surface area (Å²) in [6.45, 7) is 18.8. The first-order valence-corrected chi connectivity index (χ1v) is 24.0. The first kappa shape index (κ1) is 52.7. The molecule has 8 rings (SSSR count). The highest BCUT2D eigenvalue weighted by molar-refractivity contribution is 6.32. The van der Waals surface area contributed by atoms with Gasteiger partial charge in [0.1, 0.15) is 35.4 Å². The second kappa shape index (κ2) is 24.2. The van der Waals surface area contributed by atoms with Crippen LogP contribution in [0.5, 0.6) is 0 Å². The van der Waals surface area contributed by atoms with Crippen LogP contribution >= 0.6 is 34.8 Å². The molecule has 18 nitrogen and oxygen atoms in total. The van der Waals surface area contributed by atoms with Gasteiger partial charge in [-0.05, 0) is 88.7 Å². The number of ether oxygens (including phenoxy) is 4. The van der Waals surface area contributed by atoms with Crippen LogP contribution in [0.1, 0.15) is 75.2 Å². The summed E-state index contributed by atoms with van der Waals surface area (Å²) in [5.74, 6) is 0.774. The molecule has 69 heavy (non-hydrogen) atoms. The van der Waals surface area contributed by atoms with E-state index in [4.69, 9.17) is 53.8 Å². The van der Waals surface area contributed by atoms with Crippen LogP contribution in [0.3, 0.4) is 0 Å². The average molecular weight is 1010 g/mol. The van der Waals surface area contributed by atoms with E-state index in [2.05, 4.69) is 30.2 Å². The van der Waals surface area contributed by atoms with E-state index in [-0.39, 0.29) is 41.5 Å². The van der Waals surface area contributed by atoms with Gasteiger partial charge in [0.25, 0.3) is 0 Å². The number of hydrogen-bond acceptors (Lipinski definition) is 14. The molecule has 2 aromatic heterocycles. The van der Waals surface area contributed by atoms with Gasteiger partial charge in [-0.25, -0.2) is 39.1 Å². The Labute approximate surface area is 418 Å². The number of aromatic nitrogens is 4. The SMILES string of the molecule is CC(C)(C)OC(=O)N1CCc2c(Cl)nc(Cl)nc2C1.CC(C)(C)OC(=O)N1CCc2c(nc(Cl)nc2N2CCN(C(=O)OCc3ccccc3)CC2)C1.O=C(OCc1ccccc1)N1CCNCC1. The van der Waals surface area contributed by atoms with Crippen LogP contribution < -0.4 is 10.2 Å². The summed E-state index contributed by atoms with van der Waals surface area (Å²) in [6, 6.07) is 19.3. The molecular weight excluding hydrogens is 951 g/mol. The lowest BCUT2D eigenvalue weighted by atomic mass is 10.0. The second-order valence-electron chi connectivity index (χ2n) is 18.5. The van der Waals surface area contributed by atoms with E-state index in [1.807, 2.05) is 102 Å². The van der Waals surface area contributed by atoms with Crippen molar-refractivity contribution in [3.05, 3.63) is 110 Å². The molecule has 4 aliphatic rings. The Morgan fingerprint density at radius 1 is 0.536 bits per heavy atom. The number of piperazine rings is 2. The van der Waals surface area contributed by atoms with Gasteiger partial charge in [0.05, 0.1) is 24.5 Å². The standard InChI is InChI=1S/C24H30ClN5O4.C12H15Cl2N3O2.C12H16N2O2/c1-24(2,3)34-23(32)30-10-9-18-19(15-30)26-21(25)27-20(18)28-11-13-29(14-12-28)22(31)33-16-17-7-5-4-6-8-17;1-12(2,3)19-11(18)17-5-4-7-8(6-17)15-10(14)16-9(7)13;15-12(14-8-6-13-7-9-14)16-10-11-4-2-1-3-5-11/h4-8H,9-16H2,1-3H3;4-6H2,1-3H3;1-5,13H,6-10H2. The summed E-state index contributed by atoms with van der Waals surface area (Å²) in [4.78, 5) is 74.3. The Balaban J connectivity index is 0.000000188. The Morgan fingerprint density at radius 3 is 1.45 bits per heavy atom. The zero-order chi connectivity index (χ0) is 49.7. The van der Waals surface area contributed by atoms with Gasteiger partial charge in [-0.3, -0.25) is 0 Å². The number of hydrogen-bond donors (Lipinski definition) is 1. The lowest BCUT2D eigenvalue weighted by Gasteiger charge is -2.37. The van der Waals surface area contributed by atoms with E-state index in [1.165, 1.54) is 0 Å². The molecule has 0 bridgehead atoms. The van der Waals surface area contributed by atoms with Gasteiger partial charge in [-0.2, -0.15) is 0 Å². The number of nitrogens with zero attached hydrogens (tertiary/aromatic N) is 9. The van der Waals surface area contributed by atoms with Crippen LogP contribution in [0.2, 0.25) is 15.7 Å². The highest BCUT2D eigenvalue weighted by atomic mass is 35.5. The summed E-state index contributed by atoms with van der Waals surface area (Å²) < 4.78 is 21.5. The van der Waals surface area contributed by atoms with Gasteiger partial charge in [0.15, 0.2) is 0 Å². The third-order valence-corrected chi connectivity index (χ3v) is 11.6. The minimum Gasteiger partial charge on any atom is -0.445 e. The number of rotatable bonds is 5. The zero-order valence-corrected chi connectivity index (χ0v) is 42.3. The molecule has 2 fully saturated rings. The van der Waals surface area contributed by atoms with Crippen LogP contribution in [0, 0.1) is 0 Å². The molecule has 372 valence electrons. The van der Waals surface area contributed by atoms with Crippen molar-refractivity contribution in [3.8, 4) is 0 Å². The van der Waals surface area contributed by atoms with Crippen molar-refractivity contribution in [3.63, 3.8) is 0 Å². The third kappa shape index (κ3) is 16.2. The van der Waals surface area contributed by atoms with E-state index in [0.29, 0.717) is 82.7 Å². The fraction of sp³-hybridized carbons (Fsp3) is 0.500. The third-order valence-electron chi connectivity index (χ3n) is 10.9. The fourth-order valence-electron chi connectivity index (χ4n) is 7.53. The van der Waals surface area contributed by atoms with Gasteiger partial charge in [0, 0.05) is 76.6 Å². The van der Waals surface area contributed by atoms with Gasteiger partial charge in [-0.1, -0.05) is 72.3 Å². The average Bonchev–Trinajstić information content (AvgIpc) is 3.32. The number of carbonyl (C=O) groups excluding carboxylic acids is 4. The molecule has 21 heteroatoms. The van der Waals surface area contributed by atoms with Gasteiger partial charge in [-0.15, -0.1) is 0 Å². The van der Waals surface area contributed by atoms with Crippen molar-refractivity contribution in [2.75, 3.05) is 70.3 Å². The number of halogens is 3. The Morgan fingerprint density at radius 2 is 0.971 bits per heavy atom. The van der Waals surface area contributed by atoms with Crippen molar-refractivity contribution >= 4 is 65.0 Å². The molecule has 4 aliphatic heterocycles. The number of anilines is 1. The van der Waals surface area contributed by atoms with Gasteiger partial charge < -0.3 is 48.8 Å². The Hall–Kier alpha value is -5.69. The molecule has 2 saturated heterocycles. The monoisotopic (exact) mass is 1010 g/mol. The first-order chi connectivity index (χ1) is 32.8. The molecule has 0 aliphatic carbocycles. The van der Waals surface area contributed by atoms with Gasteiger partial charge in [0.2, 0.25) is 10.6 Å². The number of fused-ring (bicyclic) bond motifs is 2. The number of carbonyl (C=O) groups is 4. The van der Waals surface area contributed by atoms with Crippen LogP contribution in [0.15, 0.2) is 60.7 Å². The molecule has 6 heterocycles. The summed E-state index contributed by atoms with van der Waals surface area (Å²) >= 11 is 18.0. The smallest absolute Gasteiger partial charge is 0.410 e. The summed E-state index contributed by atoms with van der Waals surface area (Å²) in [5.41, 5.74) is 4.16. The molecule has 2 aromatic carbocycles. The van der Waals surface area contributed by atoms with Crippen LogP contribution in [0.4, 0.5) is 25.0 Å². The largest absolute Gasteiger partial charge is 0.445 e. The van der Waals surface area contributed by atoms with Crippen molar-refractivity contribution in [2.24, 2.45) is 0 Å².